The van der Waals surface area contributed by atoms with E-state index in [1.165, 1.54) is 0 Å². The molecule has 0 aliphatic heterocycles. The molecule has 1 nitrogen and oxygen atoms in total. The Balaban J connectivity index is 3.58. The van der Waals surface area contributed by atoms with Crippen molar-refractivity contribution in [1.29, 1.82) is 0 Å². The van der Waals surface area contributed by atoms with Gasteiger partial charge in [-0.1, -0.05) is 13.8 Å². The minimum absolute atomic E-state index is 0.00116. The number of ether oxygens (including phenoxy) is 1. The molecular weight excluding hydrogens is 112 g/mol. The van der Waals surface area contributed by atoms with Crippen LogP contribution in [0, 0.1) is 12.8 Å². The first kappa shape index (κ1) is 8.96. The van der Waals surface area contributed by atoms with Gasteiger partial charge in [-0.25, -0.2) is 0 Å². The maximum atomic E-state index is 5.21. The van der Waals surface area contributed by atoms with Gasteiger partial charge in [-0.3, -0.25) is 0 Å². The highest BCUT2D eigenvalue weighted by molar-refractivity contribution is 4.71. The molecule has 0 aliphatic rings. The average Bonchev–Trinajstić information content (AvgIpc) is 1.63. The fourth-order valence-electron chi connectivity index (χ4n) is 0.923. The van der Waals surface area contributed by atoms with Gasteiger partial charge in [0.25, 0.3) is 0 Å². The Kier molecular flexibility index (Phi) is 3.20. The van der Waals surface area contributed by atoms with Crippen molar-refractivity contribution < 1.29 is 4.74 Å². The van der Waals surface area contributed by atoms with Crippen molar-refractivity contribution in [3.63, 3.8) is 0 Å². The lowest BCUT2D eigenvalue weighted by Crippen LogP contribution is -2.24. The van der Waals surface area contributed by atoms with Crippen LogP contribution in [-0.4, -0.2) is 12.7 Å². The van der Waals surface area contributed by atoms with E-state index in [0.29, 0.717) is 5.92 Å². The molecule has 1 atom stereocenters. The summed E-state index contributed by atoms with van der Waals surface area (Å²) in [5.74, 6) is 0.472. The average molecular weight is 129 g/mol. The van der Waals surface area contributed by atoms with Crippen LogP contribution in [0.3, 0.4) is 0 Å². The third-order valence-corrected chi connectivity index (χ3v) is 1.39. The molecule has 1 heteroatoms. The Morgan fingerprint density at radius 3 is 2.11 bits per heavy atom. The van der Waals surface area contributed by atoms with Gasteiger partial charge >= 0.3 is 0 Å². The maximum absolute atomic E-state index is 5.21. The van der Waals surface area contributed by atoms with E-state index in [1.54, 1.807) is 7.11 Å². The molecule has 55 valence electrons. The molecule has 0 saturated carbocycles. The first-order chi connectivity index (χ1) is 3.98. The summed E-state index contributed by atoms with van der Waals surface area (Å²) in [7, 11) is 1.74. The van der Waals surface area contributed by atoms with Crippen LogP contribution in [0.1, 0.15) is 27.2 Å². The summed E-state index contributed by atoms with van der Waals surface area (Å²) >= 11 is 0. The molecule has 0 amide bonds. The zero-order chi connectivity index (χ0) is 7.49. The molecule has 0 spiro atoms. The van der Waals surface area contributed by atoms with Crippen LogP contribution in [0.25, 0.3) is 0 Å². The largest absolute Gasteiger partial charge is 0.379 e. The molecule has 0 fully saturated rings. The van der Waals surface area contributed by atoms with Gasteiger partial charge in [0.2, 0.25) is 0 Å². The topological polar surface area (TPSA) is 9.23 Å². The summed E-state index contributed by atoms with van der Waals surface area (Å²) in [6.07, 6.45) is 1.02. The molecule has 1 unspecified atom stereocenters. The van der Waals surface area contributed by atoms with E-state index in [0.717, 1.165) is 6.42 Å². The summed E-state index contributed by atoms with van der Waals surface area (Å²) in [6.45, 7) is 10.1. The molecule has 0 rings (SSSR count). The minimum Gasteiger partial charge on any atom is -0.379 e. The number of rotatable bonds is 3. The number of hydrogen-bond donors (Lipinski definition) is 0. The fourth-order valence-corrected chi connectivity index (χ4v) is 0.923. The summed E-state index contributed by atoms with van der Waals surface area (Å²) in [5.41, 5.74) is 0.00116. The van der Waals surface area contributed by atoms with Gasteiger partial charge in [0.05, 0.1) is 5.60 Å². The smallest absolute Gasteiger partial charge is 0.0625 e. The van der Waals surface area contributed by atoms with Crippen LogP contribution in [0.15, 0.2) is 0 Å². The lowest BCUT2D eigenvalue weighted by molar-refractivity contribution is 0.00798. The van der Waals surface area contributed by atoms with Gasteiger partial charge in [-0.2, -0.15) is 0 Å². The molecule has 0 aromatic carbocycles. The van der Waals surface area contributed by atoms with Gasteiger partial charge in [0.1, 0.15) is 0 Å². The molecule has 0 saturated heterocycles. The Hall–Kier alpha value is -0.0400. The highest BCUT2D eigenvalue weighted by Gasteiger charge is 2.17. The predicted molar refractivity (Wildman–Crippen MR) is 40.2 cm³/mol. The lowest BCUT2D eigenvalue weighted by Gasteiger charge is -2.24. The molecular formula is C8H17O. The lowest BCUT2D eigenvalue weighted by atomic mass is 9.96. The molecule has 0 aromatic heterocycles. The first-order valence-corrected chi connectivity index (χ1v) is 3.36. The number of methoxy groups -OCH3 is 1. The van der Waals surface area contributed by atoms with Crippen LogP contribution < -0.4 is 0 Å². The summed E-state index contributed by atoms with van der Waals surface area (Å²) in [6, 6.07) is 0. The van der Waals surface area contributed by atoms with E-state index < -0.39 is 0 Å². The molecule has 0 heterocycles. The second-order valence-corrected chi connectivity index (χ2v) is 3.27. The third-order valence-electron chi connectivity index (χ3n) is 1.39. The van der Waals surface area contributed by atoms with Crippen molar-refractivity contribution in [1.82, 2.24) is 0 Å². The molecule has 0 aromatic rings. The van der Waals surface area contributed by atoms with Gasteiger partial charge in [0.15, 0.2) is 0 Å². The van der Waals surface area contributed by atoms with E-state index in [-0.39, 0.29) is 5.60 Å². The quantitative estimate of drug-likeness (QED) is 0.568. The monoisotopic (exact) mass is 129 g/mol. The summed E-state index contributed by atoms with van der Waals surface area (Å²) < 4.78 is 5.21. The Labute approximate surface area is 58.4 Å². The summed E-state index contributed by atoms with van der Waals surface area (Å²) in [4.78, 5) is 0. The van der Waals surface area contributed by atoms with E-state index in [1.807, 2.05) is 0 Å². The fraction of sp³-hybridized carbons (Fsp3) is 0.875. The zero-order valence-corrected chi connectivity index (χ0v) is 6.90. The molecule has 0 N–H and O–H groups in total. The van der Waals surface area contributed by atoms with Crippen LogP contribution >= 0.6 is 0 Å². The number of hydrogen-bond acceptors (Lipinski definition) is 1. The molecule has 0 bridgehead atoms. The Morgan fingerprint density at radius 1 is 1.56 bits per heavy atom. The first-order valence-electron chi connectivity index (χ1n) is 3.36. The SMILES string of the molecule is [CH2]C(C)CC(C)(C)OC. The van der Waals surface area contributed by atoms with Crippen LogP contribution in [0.4, 0.5) is 0 Å². The van der Waals surface area contributed by atoms with E-state index in [2.05, 4.69) is 27.7 Å². The van der Waals surface area contributed by atoms with Crippen molar-refractivity contribution in [2.75, 3.05) is 7.11 Å². The van der Waals surface area contributed by atoms with E-state index in [9.17, 15) is 0 Å². The third kappa shape index (κ3) is 4.46. The predicted octanol–water partition coefficient (Wildman–Crippen LogP) is 2.27. The van der Waals surface area contributed by atoms with Crippen molar-refractivity contribution in [3.8, 4) is 0 Å². The maximum Gasteiger partial charge on any atom is 0.0625 e. The second-order valence-electron chi connectivity index (χ2n) is 3.27. The van der Waals surface area contributed by atoms with Crippen LogP contribution in [0.5, 0.6) is 0 Å². The van der Waals surface area contributed by atoms with Crippen molar-refractivity contribution in [3.05, 3.63) is 6.92 Å². The highest BCUT2D eigenvalue weighted by atomic mass is 16.5. The van der Waals surface area contributed by atoms with Crippen molar-refractivity contribution >= 4 is 0 Å². The van der Waals surface area contributed by atoms with Crippen LogP contribution in [0.2, 0.25) is 0 Å². The van der Waals surface area contributed by atoms with Crippen molar-refractivity contribution in [2.24, 2.45) is 5.92 Å². The van der Waals surface area contributed by atoms with Crippen LogP contribution in [-0.2, 0) is 4.74 Å². The minimum atomic E-state index is 0.00116. The molecule has 9 heavy (non-hydrogen) atoms. The zero-order valence-electron chi connectivity index (χ0n) is 6.90. The van der Waals surface area contributed by atoms with Crippen molar-refractivity contribution in [2.45, 2.75) is 32.8 Å². The van der Waals surface area contributed by atoms with Gasteiger partial charge in [-0.05, 0) is 26.2 Å². The second kappa shape index (κ2) is 3.21. The molecule has 0 aliphatic carbocycles. The Bertz CT molecular complexity index is 74.6. The van der Waals surface area contributed by atoms with E-state index >= 15 is 0 Å². The Morgan fingerprint density at radius 2 is 2.00 bits per heavy atom. The normalized spacial score (nSPS) is 12.7. The van der Waals surface area contributed by atoms with E-state index in [4.69, 9.17) is 4.74 Å². The van der Waals surface area contributed by atoms with Gasteiger partial charge < -0.3 is 4.74 Å². The molecule has 1 radical (unpaired) electrons. The standard InChI is InChI=1S/C8H17O/c1-7(2)6-8(3,4)9-5/h7H,1,6H2,2-5H3. The summed E-state index contributed by atoms with van der Waals surface area (Å²) in [5, 5.41) is 0. The van der Waals surface area contributed by atoms with Gasteiger partial charge in [-0.15, -0.1) is 0 Å². The van der Waals surface area contributed by atoms with Gasteiger partial charge in [0, 0.05) is 7.11 Å². The highest BCUT2D eigenvalue weighted by Crippen LogP contribution is 2.18.